The predicted molar refractivity (Wildman–Crippen MR) is 106 cm³/mol. The van der Waals surface area contributed by atoms with E-state index in [9.17, 15) is 18.3 Å². The van der Waals surface area contributed by atoms with E-state index in [4.69, 9.17) is 0 Å². The Kier molecular flexibility index (Phi) is 5.41. The van der Waals surface area contributed by atoms with Crippen LogP contribution in [0.2, 0.25) is 0 Å². The molecule has 0 aliphatic carbocycles. The van der Waals surface area contributed by atoms with Crippen LogP contribution in [0.5, 0.6) is 0 Å². The van der Waals surface area contributed by atoms with Crippen LogP contribution in [-0.4, -0.2) is 32.6 Å². The predicted octanol–water partition coefficient (Wildman–Crippen LogP) is 3.73. The van der Waals surface area contributed by atoms with Crippen LogP contribution in [0, 0.1) is 12.8 Å². The molecule has 144 valence electrons. The number of carboxylic acids is 1. The molecule has 1 aliphatic heterocycles. The number of carboxylic acid groups (broad SMARTS) is 1. The lowest BCUT2D eigenvalue weighted by Gasteiger charge is -2.34. The van der Waals surface area contributed by atoms with Crippen molar-refractivity contribution < 1.29 is 18.3 Å². The zero-order valence-corrected chi connectivity index (χ0v) is 16.3. The molecular formula is C20H24N2O4S. The fourth-order valence-electron chi connectivity index (χ4n) is 3.49. The second-order valence-corrected chi connectivity index (χ2v) is 8.75. The molecule has 1 saturated heterocycles. The van der Waals surface area contributed by atoms with Gasteiger partial charge in [0.15, 0.2) is 0 Å². The monoisotopic (exact) mass is 388 g/mol. The van der Waals surface area contributed by atoms with Gasteiger partial charge in [0.05, 0.1) is 21.8 Å². The Morgan fingerprint density at radius 2 is 1.96 bits per heavy atom. The molecule has 0 aromatic heterocycles. The van der Waals surface area contributed by atoms with Gasteiger partial charge in [-0.2, -0.15) is 0 Å². The van der Waals surface area contributed by atoms with Gasteiger partial charge in [-0.3, -0.25) is 4.72 Å². The third-order valence-electron chi connectivity index (χ3n) is 4.87. The first-order valence-electron chi connectivity index (χ1n) is 8.98. The van der Waals surface area contributed by atoms with Crippen LogP contribution in [0.3, 0.4) is 0 Å². The lowest BCUT2D eigenvalue weighted by atomic mass is 9.99. The Balaban J connectivity index is 2.03. The number of benzene rings is 2. The second kappa shape index (κ2) is 7.60. The summed E-state index contributed by atoms with van der Waals surface area (Å²) in [6.45, 7) is 5.52. The van der Waals surface area contributed by atoms with Crippen molar-refractivity contribution >= 4 is 27.4 Å². The van der Waals surface area contributed by atoms with E-state index < -0.39 is 16.0 Å². The van der Waals surface area contributed by atoms with Gasteiger partial charge in [-0.15, -0.1) is 0 Å². The summed E-state index contributed by atoms with van der Waals surface area (Å²) >= 11 is 0. The highest BCUT2D eigenvalue weighted by Crippen LogP contribution is 2.33. The molecule has 2 N–H and O–H groups in total. The third kappa shape index (κ3) is 4.24. The van der Waals surface area contributed by atoms with Crippen molar-refractivity contribution in [3.8, 4) is 0 Å². The molecule has 0 bridgehead atoms. The number of aryl methyl sites for hydroxylation is 1. The van der Waals surface area contributed by atoms with E-state index in [1.54, 1.807) is 37.3 Å². The fourth-order valence-corrected chi connectivity index (χ4v) is 4.81. The highest BCUT2D eigenvalue weighted by atomic mass is 32.2. The first kappa shape index (κ1) is 19.2. The molecule has 2 aromatic carbocycles. The van der Waals surface area contributed by atoms with Gasteiger partial charge in [0.25, 0.3) is 10.0 Å². The average Bonchev–Trinajstić information content (AvgIpc) is 2.61. The minimum absolute atomic E-state index is 0.0475. The summed E-state index contributed by atoms with van der Waals surface area (Å²) in [4.78, 5) is 13.7. The molecule has 0 unspecified atom stereocenters. The zero-order valence-electron chi connectivity index (χ0n) is 15.5. The van der Waals surface area contributed by atoms with Crippen LogP contribution < -0.4 is 9.62 Å². The molecule has 7 heteroatoms. The summed E-state index contributed by atoms with van der Waals surface area (Å²) in [6.07, 6.45) is 2.15. The summed E-state index contributed by atoms with van der Waals surface area (Å²) in [7, 11) is -3.83. The van der Waals surface area contributed by atoms with Crippen LogP contribution in [0.4, 0.5) is 11.4 Å². The molecule has 0 amide bonds. The Labute approximate surface area is 159 Å². The summed E-state index contributed by atoms with van der Waals surface area (Å²) in [6, 6.07) is 11.3. The maximum Gasteiger partial charge on any atom is 0.335 e. The van der Waals surface area contributed by atoms with E-state index >= 15 is 0 Å². The molecule has 27 heavy (non-hydrogen) atoms. The summed E-state index contributed by atoms with van der Waals surface area (Å²) in [5, 5.41) is 9.32. The van der Waals surface area contributed by atoms with E-state index in [2.05, 4.69) is 16.5 Å². The minimum atomic E-state index is -3.83. The zero-order chi connectivity index (χ0) is 19.6. The summed E-state index contributed by atoms with van der Waals surface area (Å²) in [5.41, 5.74) is 1.69. The van der Waals surface area contributed by atoms with Crippen molar-refractivity contribution in [2.45, 2.75) is 31.6 Å². The van der Waals surface area contributed by atoms with E-state index in [1.807, 2.05) is 0 Å². The number of piperidine rings is 1. The van der Waals surface area contributed by atoms with Gasteiger partial charge in [-0.05, 0) is 55.5 Å². The van der Waals surface area contributed by atoms with Crippen LogP contribution >= 0.6 is 0 Å². The fraction of sp³-hybridized carbons (Fsp3) is 0.350. The van der Waals surface area contributed by atoms with Gasteiger partial charge in [0.1, 0.15) is 0 Å². The highest BCUT2D eigenvalue weighted by molar-refractivity contribution is 7.92. The van der Waals surface area contributed by atoms with Gasteiger partial charge in [0, 0.05) is 13.1 Å². The number of hydrogen-bond donors (Lipinski definition) is 2. The van der Waals surface area contributed by atoms with Crippen LogP contribution in [-0.2, 0) is 10.0 Å². The smallest absolute Gasteiger partial charge is 0.335 e. The molecule has 0 spiro atoms. The van der Waals surface area contributed by atoms with Gasteiger partial charge in [0.2, 0.25) is 0 Å². The van der Waals surface area contributed by atoms with Crippen molar-refractivity contribution in [2.75, 3.05) is 22.7 Å². The van der Waals surface area contributed by atoms with Crippen molar-refractivity contribution in [2.24, 2.45) is 5.92 Å². The molecule has 0 radical (unpaired) electrons. The maximum absolute atomic E-state index is 12.9. The molecule has 0 saturated carbocycles. The molecular weight excluding hydrogens is 364 g/mol. The van der Waals surface area contributed by atoms with E-state index in [-0.39, 0.29) is 10.5 Å². The van der Waals surface area contributed by atoms with Crippen molar-refractivity contribution in [1.29, 1.82) is 0 Å². The number of hydrogen-bond acceptors (Lipinski definition) is 4. The quantitative estimate of drug-likeness (QED) is 0.815. The first-order chi connectivity index (χ1) is 12.8. The summed E-state index contributed by atoms with van der Waals surface area (Å²) < 4.78 is 28.5. The topological polar surface area (TPSA) is 86.7 Å². The Hall–Kier alpha value is -2.54. The Morgan fingerprint density at radius 1 is 1.22 bits per heavy atom. The number of nitrogens with zero attached hydrogens (tertiary/aromatic N) is 1. The van der Waals surface area contributed by atoms with Crippen molar-refractivity contribution in [3.05, 3.63) is 53.6 Å². The van der Waals surface area contributed by atoms with Crippen molar-refractivity contribution in [3.63, 3.8) is 0 Å². The van der Waals surface area contributed by atoms with Gasteiger partial charge < -0.3 is 10.0 Å². The molecule has 1 atom stereocenters. The standard InChI is InChI=1S/C20H24N2O4S/c1-14-6-5-11-22(13-14)18-10-9-16(20(23)24)12-17(18)21-27(25,26)19-8-4-3-7-15(19)2/h3-4,7-10,12,14,21H,5-6,11,13H2,1-2H3,(H,23,24)/t14-/m0/s1. The number of aromatic carboxylic acids is 1. The van der Waals surface area contributed by atoms with E-state index in [0.29, 0.717) is 22.9 Å². The van der Waals surface area contributed by atoms with Crippen LogP contribution in [0.1, 0.15) is 35.7 Å². The van der Waals surface area contributed by atoms with Crippen molar-refractivity contribution in [1.82, 2.24) is 0 Å². The number of rotatable bonds is 5. The van der Waals surface area contributed by atoms with Crippen LogP contribution in [0.25, 0.3) is 0 Å². The molecule has 1 heterocycles. The number of nitrogens with one attached hydrogen (secondary N) is 1. The van der Waals surface area contributed by atoms with Crippen LogP contribution in [0.15, 0.2) is 47.4 Å². The second-order valence-electron chi connectivity index (χ2n) is 7.10. The Morgan fingerprint density at radius 3 is 2.63 bits per heavy atom. The van der Waals surface area contributed by atoms with E-state index in [0.717, 1.165) is 25.9 Å². The summed E-state index contributed by atoms with van der Waals surface area (Å²) in [5.74, 6) is -0.594. The highest BCUT2D eigenvalue weighted by Gasteiger charge is 2.23. The van der Waals surface area contributed by atoms with E-state index in [1.165, 1.54) is 12.1 Å². The average molecular weight is 388 g/mol. The lowest BCUT2D eigenvalue weighted by molar-refractivity contribution is 0.0697. The molecule has 1 fully saturated rings. The molecule has 3 rings (SSSR count). The normalized spacial score (nSPS) is 17.6. The molecule has 2 aromatic rings. The SMILES string of the molecule is Cc1ccccc1S(=O)(=O)Nc1cc(C(=O)O)ccc1N1CCC[C@H](C)C1. The van der Waals surface area contributed by atoms with Gasteiger partial charge in [-0.25, -0.2) is 13.2 Å². The minimum Gasteiger partial charge on any atom is -0.478 e. The number of carbonyl (C=O) groups is 1. The largest absolute Gasteiger partial charge is 0.478 e. The lowest BCUT2D eigenvalue weighted by Crippen LogP contribution is -2.35. The Bertz CT molecular complexity index is 956. The van der Waals surface area contributed by atoms with Gasteiger partial charge >= 0.3 is 5.97 Å². The third-order valence-corrected chi connectivity index (χ3v) is 6.39. The molecule has 1 aliphatic rings. The maximum atomic E-state index is 12.9. The first-order valence-corrected chi connectivity index (χ1v) is 10.5. The number of sulfonamides is 1. The van der Waals surface area contributed by atoms with Gasteiger partial charge in [-0.1, -0.05) is 25.1 Å². The number of anilines is 2. The molecule has 6 nitrogen and oxygen atoms in total.